The van der Waals surface area contributed by atoms with Crippen molar-refractivity contribution < 1.29 is 18.3 Å². The SMILES string of the molecule is CS(=O)(=O)N1CCCC(CC(O)C2CCOCC2)C1. The van der Waals surface area contributed by atoms with E-state index in [-0.39, 0.29) is 6.10 Å². The number of ether oxygens (including phenoxy) is 1. The van der Waals surface area contributed by atoms with Crippen LogP contribution in [0.1, 0.15) is 32.1 Å². The summed E-state index contributed by atoms with van der Waals surface area (Å²) < 4.78 is 30.0. The molecule has 2 heterocycles. The van der Waals surface area contributed by atoms with Crippen LogP contribution in [0, 0.1) is 11.8 Å². The van der Waals surface area contributed by atoms with Gasteiger partial charge < -0.3 is 9.84 Å². The summed E-state index contributed by atoms with van der Waals surface area (Å²) in [7, 11) is -3.09. The third kappa shape index (κ3) is 4.41. The summed E-state index contributed by atoms with van der Waals surface area (Å²) in [5.74, 6) is 0.615. The van der Waals surface area contributed by atoms with E-state index < -0.39 is 10.0 Å². The lowest BCUT2D eigenvalue weighted by Crippen LogP contribution is -2.41. The molecule has 5 nitrogen and oxygen atoms in total. The molecule has 2 saturated heterocycles. The topological polar surface area (TPSA) is 66.8 Å². The zero-order valence-electron chi connectivity index (χ0n) is 11.6. The summed E-state index contributed by atoms with van der Waals surface area (Å²) in [4.78, 5) is 0. The number of aliphatic hydroxyl groups excluding tert-OH is 1. The molecule has 2 fully saturated rings. The molecule has 1 N–H and O–H groups in total. The normalized spacial score (nSPS) is 29.3. The van der Waals surface area contributed by atoms with E-state index >= 15 is 0 Å². The number of nitrogens with zero attached hydrogens (tertiary/aromatic N) is 1. The second-order valence-electron chi connectivity index (χ2n) is 5.88. The minimum atomic E-state index is -3.09. The van der Waals surface area contributed by atoms with Crippen LogP contribution in [0.15, 0.2) is 0 Å². The Morgan fingerprint density at radius 1 is 1.32 bits per heavy atom. The van der Waals surface area contributed by atoms with Crippen molar-refractivity contribution in [3.63, 3.8) is 0 Å². The van der Waals surface area contributed by atoms with Gasteiger partial charge in [0.05, 0.1) is 12.4 Å². The Morgan fingerprint density at radius 2 is 2.00 bits per heavy atom. The Labute approximate surface area is 116 Å². The number of hydrogen-bond donors (Lipinski definition) is 1. The molecule has 19 heavy (non-hydrogen) atoms. The first-order valence-electron chi connectivity index (χ1n) is 7.17. The Kier molecular flexibility index (Phi) is 5.22. The van der Waals surface area contributed by atoms with Gasteiger partial charge in [0, 0.05) is 26.3 Å². The fourth-order valence-electron chi connectivity index (χ4n) is 3.16. The lowest BCUT2D eigenvalue weighted by molar-refractivity contribution is -0.00432. The summed E-state index contributed by atoms with van der Waals surface area (Å²) in [6, 6.07) is 0. The highest BCUT2D eigenvalue weighted by atomic mass is 32.2. The maximum absolute atomic E-state index is 11.6. The van der Waals surface area contributed by atoms with Gasteiger partial charge in [-0.15, -0.1) is 0 Å². The van der Waals surface area contributed by atoms with E-state index in [9.17, 15) is 13.5 Å². The number of piperidine rings is 1. The van der Waals surface area contributed by atoms with Crippen molar-refractivity contribution in [1.82, 2.24) is 4.31 Å². The lowest BCUT2D eigenvalue weighted by Gasteiger charge is -2.34. The Morgan fingerprint density at radius 3 is 2.63 bits per heavy atom. The van der Waals surface area contributed by atoms with Crippen LogP contribution < -0.4 is 0 Å². The second kappa shape index (κ2) is 6.52. The molecule has 6 heteroatoms. The molecule has 2 rings (SSSR count). The van der Waals surface area contributed by atoms with Gasteiger partial charge >= 0.3 is 0 Å². The average Bonchev–Trinajstić information content (AvgIpc) is 2.39. The monoisotopic (exact) mass is 291 g/mol. The van der Waals surface area contributed by atoms with Crippen molar-refractivity contribution in [2.24, 2.45) is 11.8 Å². The summed E-state index contributed by atoms with van der Waals surface area (Å²) in [6.45, 7) is 2.67. The fraction of sp³-hybridized carbons (Fsp3) is 1.00. The Hall–Kier alpha value is -0.170. The predicted molar refractivity (Wildman–Crippen MR) is 73.3 cm³/mol. The van der Waals surface area contributed by atoms with E-state index in [1.54, 1.807) is 4.31 Å². The summed E-state index contributed by atoms with van der Waals surface area (Å²) in [6.07, 6.45) is 5.44. The van der Waals surface area contributed by atoms with Crippen LogP contribution in [-0.4, -0.2) is 56.5 Å². The van der Waals surface area contributed by atoms with Crippen molar-refractivity contribution >= 4 is 10.0 Å². The first-order chi connectivity index (χ1) is 8.97. The van der Waals surface area contributed by atoms with E-state index in [2.05, 4.69) is 0 Å². The largest absolute Gasteiger partial charge is 0.393 e. The van der Waals surface area contributed by atoms with Crippen LogP contribution in [0.4, 0.5) is 0 Å². The first kappa shape index (κ1) is 15.2. The molecular formula is C13H25NO4S. The zero-order chi connectivity index (χ0) is 13.9. The van der Waals surface area contributed by atoms with Crippen LogP contribution in [0.2, 0.25) is 0 Å². The summed E-state index contributed by atoms with van der Waals surface area (Å²) in [5, 5.41) is 10.3. The Bertz CT molecular complexity index is 378. The van der Waals surface area contributed by atoms with Crippen LogP contribution in [0.5, 0.6) is 0 Å². The van der Waals surface area contributed by atoms with E-state index in [0.717, 1.165) is 45.3 Å². The minimum Gasteiger partial charge on any atom is -0.393 e. The third-order valence-electron chi connectivity index (χ3n) is 4.34. The number of sulfonamides is 1. The highest BCUT2D eigenvalue weighted by molar-refractivity contribution is 7.88. The summed E-state index contributed by atoms with van der Waals surface area (Å²) in [5.41, 5.74) is 0. The number of hydrogen-bond acceptors (Lipinski definition) is 4. The van der Waals surface area contributed by atoms with Crippen molar-refractivity contribution in [2.45, 2.75) is 38.2 Å². The molecule has 0 aromatic rings. The first-order valence-corrected chi connectivity index (χ1v) is 9.02. The minimum absolute atomic E-state index is 0.293. The molecule has 112 valence electrons. The molecule has 0 radical (unpaired) electrons. The molecule has 0 saturated carbocycles. The van der Waals surface area contributed by atoms with Crippen molar-refractivity contribution in [1.29, 1.82) is 0 Å². The molecule has 0 spiro atoms. The molecule has 0 bridgehead atoms. The van der Waals surface area contributed by atoms with Gasteiger partial charge in [-0.2, -0.15) is 0 Å². The highest BCUT2D eigenvalue weighted by Gasteiger charge is 2.30. The van der Waals surface area contributed by atoms with Gasteiger partial charge in [-0.1, -0.05) is 0 Å². The molecule has 0 aromatic heterocycles. The molecule has 2 aliphatic heterocycles. The third-order valence-corrected chi connectivity index (χ3v) is 5.61. The molecule has 0 amide bonds. The van der Waals surface area contributed by atoms with Crippen LogP contribution >= 0.6 is 0 Å². The molecular weight excluding hydrogens is 266 g/mol. The smallest absolute Gasteiger partial charge is 0.211 e. The van der Waals surface area contributed by atoms with Crippen molar-refractivity contribution in [3.8, 4) is 0 Å². The fourth-order valence-corrected chi connectivity index (χ4v) is 4.10. The van der Waals surface area contributed by atoms with Crippen LogP contribution in [-0.2, 0) is 14.8 Å². The van der Waals surface area contributed by atoms with E-state index in [0.29, 0.717) is 24.9 Å². The lowest BCUT2D eigenvalue weighted by atomic mass is 9.85. The average molecular weight is 291 g/mol. The standard InChI is InChI=1S/C13H25NO4S/c1-19(16,17)14-6-2-3-11(10-14)9-13(15)12-4-7-18-8-5-12/h11-13,15H,2-10H2,1H3. The van der Waals surface area contributed by atoms with Gasteiger partial charge in [0.25, 0.3) is 0 Å². The van der Waals surface area contributed by atoms with Gasteiger partial charge in [-0.05, 0) is 43.9 Å². The zero-order valence-corrected chi connectivity index (χ0v) is 12.4. The maximum Gasteiger partial charge on any atom is 0.211 e. The van der Waals surface area contributed by atoms with Crippen LogP contribution in [0.25, 0.3) is 0 Å². The quantitative estimate of drug-likeness (QED) is 0.833. The van der Waals surface area contributed by atoms with Gasteiger partial charge in [-0.3, -0.25) is 0 Å². The van der Waals surface area contributed by atoms with Crippen molar-refractivity contribution in [2.75, 3.05) is 32.6 Å². The second-order valence-corrected chi connectivity index (χ2v) is 7.86. The van der Waals surface area contributed by atoms with Crippen LogP contribution in [0.3, 0.4) is 0 Å². The molecule has 2 aliphatic rings. The van der Waals surface area contributed by atoms with Crippen molar-refractivity contribution in [3.05, 3.63) is 0 Å². The molecule has 0 aliphatic carbocycles. The maximum atomic E-state index is 11.6. The predicted octanol–water partition coefficient (Wildman–Crippen LogP) is 0.836. The van der Waals surface area contributed by atoms with Gasteiger partial charge in [-0.25, -0.2) is 12.7 Å². The number of aliphatic hydroxyl groups is 1. The summed E-state index contributed by atoms with van der Waals surface area (Å²) >= 11 is 0. The van der Waals surface area contributed by atoms with E-state index in [1.165, 1.54) is 6.26 Å². The number of rotatable bonds is 4. The van der Waals surface area contributed by atoms with Gasteiger partial charge in [0.15, 0.2) is 0 Å². The van der Waals surface area contributed by atoms with E-state index in [4.69, 9.17) is 4.74 Å². The highest BCUT2D eigenvalue weighted by Crippen LogP contribution is 2.28. The Balaban J connectivity index is 1.84. The van der Waals surface area contributed by atoms with E-state index in [1.807, 2.05) is 0 Å². The van der Waals surface area contributed by atoms with Gasteiger partial charge in [0.2, 0.25) is 10.0 Å². The molecule has 2 unspecified atom stereocenters. The van der Waals surface area contributed by atoms with Gasteiger partial charge in [0.1, 0.15) is 0 Å². The molecule has 0 aromatic carbocycles. The molecule has 2 atom stereocenters.